The number of aliphatic hydroxyl groups excluding tert-OH is 2. The van der Waals surface area contributed by atoms with Crippen molar-refractivity contribution in [3.8, 4) is 0 Å². The molecule has 2 unspecified atom stereocenters. The molecule has 212 valence electrons. The second-order valence-electron chi connectivity index (χ2n) is 9.97. The average Bonchev–Trinajstić information content (AvgIpc) is 2.93. The van der Waals surface area contributed by atoms with Crippen LogP contribution in [-0.2, 0) is 19.1 Å². The molecule has 0 bridgehead atoms. The number of hydrogen-bond acceptors (Lipinski definition) is 8. The molecule has 1 aliphatic rings. The summed E-state index contributed by atoms with van der Waals surface area (Å²) >= 11 is 0. The van der Waals surface area contributed by atoms with E-state index >= 15 is 0 Å². The molecule has 1 aliphatic heterocycles. The first-order chi connectivity index (χ1) is 18.1. The first kappa shape index (κ1) is 31.6. The van der Waals surface area contributed by atoms with E-state index in [9.17, 15) is 29.4 Å². The fourth-order valence-electron chi connectivity index (χ4n) is 5.15. The molecule has 0 aliphatic carbocycles. The van der Waals surface area contributed by atoms with Crippen LogP contribution >= 0.6 is 0 Å². The molecule has 1 aromatic rings. The summed E-state index contributed by atoms with van der Waals surface area (Å²) in [5, 5.41) is 21.3. The lowest BCUT2D eigenvalue weighted by Gasteiger charge is -2.36. The quantitative estimate of drug-likeness (QED) is 0.442. The molecule has 0 saturated heterocycles. The van der Waals surface area contributed by atoms with Crippen molar-refractivity contribution >= 4 is 23.8 Å². The van der Waals surface area contributed by atoms with E-state index in [0.717, 1.165) is 0 Å². The van der Waals surface area contributed by atoms with E-state index in [2.05, 4.69) is 0 Å². The van der Waals surface area contributed by atoms with Crippen LogP contribution in [0.3, 0.4) is 0 Å². The van der Waals surface area contributed by atoms with Crippen molar-refractivity contribution < 1.29 is 47.8 Å². The summed E-state index contributed by atoms with van der Waals surface area (Å²) in [6.07, 6.45) is -0.579. The van der Waals surface area contributed by atoms with Gasteiger partial charge < -0.3 is 19.7 Å². The Morgan fingerprint density at radius 1 is 0.684 bits per heavy atom. The number of cyclic esters (lactones) is 2. The lowest BCUT2D eigenvalue weighted by atomic mass is 10.1. The van der Waals surface area contributed by atoms with Crippen LogP contribution in [0.5, 0.6) is 0 Å². The number of esters is 2. The van der Waals surface area contributed by atoms with Crippen LogP contribution in [0.1, 0.15) is 74.1 Å². The molecule has 1 aromatic carbocycles. The zero-order valence-corrected chi connectivity index (χ0v) is 23.2. The third kappa shape index (κ3) is 7.69. The molecule has 2 atom stereocenters. The van der Waals surface area contributed by atoms with Gasteiger partial charge in [-0.05, 0) is 52.7 Å². The van der Waals surface area contributed by atoms with Crippen LogP contribution in [0.4, 0.5) is 0 Å². The number of rotatable bonds is 4. The van der Waals surface area contributed by atoms with E-state index in [-0.39, 0.29) is 71.1 Å². The number of nitrogens with zero attached hydrogens (tertiary/aromatic N) is 2. The third-order valence-electron chi connectivity index (χ3n) is 7.81. The van der Waals surface area contributed by atoms with E-state index in [1.807, 2.05) is 27.7 Å². The summed E-state index contributed by atoms with van der Waals surface area (Å²) in [6, 6.07) is 5.99. The maximum atomic E-state index is 13.2. The molecule has 0 saturated carbocycles. The van der Waals surface area contributed by atoms with Gasteiger partial charge in [-0.2, -0.15) is 0 Å². The molecule has 10 nitrogen and oxygen atoms in total. The highest BCUT2D eigenvalue weighted by molar-refractivity contribution is 6.03. The number of fused-ring (bicyclic) bond motifs is 1. The number of carbonyl (C=O) groups is 4. The molecule has 10 heteroatoms. The van der Waals surface area contributed by atoms with Gasteiger partial charge >= 0.3 is 23.8 Å². The van der Waals surface area contributed by atoms with Crippen LogP contribution in [0.15, 0.2) is 24.3 Å². The van der Waals surface area contributed by atoms with Crippen molar-refractivity contribution in [3.63, 3.8) is 0 Å². The summed E-state index contributed by atoms with van der Waals surface area (Å²) in [4.78, 5) is 52.1. The maximum Gasteiger partial charge on any atom is 0.339 e. The Morgan fingerprint density at radius 2 is 1.03 bits per heavy atom. The second-order valence-corrected chi connectivity index (χ2v) is 9.97. The fraction of sp³-hybridized carbons (Fsp3) is 0.643. The standard InChI is InChI=1S/C28H44N2O8/c1-5-29(6-2)17-21(31)19-37-27(35)23-13-9-10-14-24(23)28(36)38-20-22(32)18-30(7-3,8-4)26(34)16-12-11-15-25(29)33/h9-10,13-14,21-22,31-32H,5-8,11-12,15-20H2,1-4H3/q+2. The van der Waals surface area contributed by atoms with Gasteiger partial charge in [0.25, 0.3) is 0 Å². The molecule has 0 spiro atoms. The van der Waals surface area contributed by atoms with Crippen LogP contribution in [-0.4, -0.2) is 108 Å². The van der Waals surface area contributed by atoms with Gasteiger partial charge in [-0.3, -0.25) is 8.97 Å². The van der Waals surface area contributed by atoms with Crippen LogP contribution < -0.4 is 0 Å². The van der Waals surface area contributed by atoms with Crippen molar-refractivity contribution in [1.29, 1.82) is 0 Å². The van der Waals surface area contributed by atoms with Gasteiger partial charge in [0.15, 0.2) is 0 Å². The first-order valence-electron chi connectivity index (χ1n) is 13.7. The van der Waals surface area contributed by atoms with Gasteiger partial charge in [0.05, 0.1) is 50.1 Å². The number of likely N-dealkylation sites (N-methyl/N-ethyl adjacent to an activating group) is 2. The van der Waals surface area contributed by atoms with Crippen molar-refractivity contribution in [1.82, 2.24) is 0 Å². The summed E-state index contributed by atoms with van der Waals surface area (Å²) < 4.78 is 10.7. The van der Waals surface area contributed by atoms with Gasteiger partial charge in [0.1, 0.15) is 38.5 Å². The molecule has 2 amide bonds. The van der Waals surface area contributed by atoms with E-state index in [4.69, 9.17) is 9.47 Å². The molecule has 0 fully saturated rings. The molecule has 0 aromatic heterocycles. The van der Waals surface area contributed by atoms with E-state index in [0.29, 0.717) is 39.0 Å². The topological polar surface area (TPSA) is 127 Å². The molecule has 2 rings (SSSR count). The molecule has 2 N–H and O–H groups in total. The van der Waals surface area contributed by atoms with E-state index in [1.165, 1.54) is 12.1 Å². The third-order valence-corrected chi connectivity index (χ3v) is 7.81. The Hall–Kier alpha value is -2.66. The lowest BCUT2D eigenvalue weighted by Crippen LogP contribution is -2.57. The summed E-state index contributed by atoms with van der Waals surface area (Å²) in [5.74, 6) is -1.67. The highest BCUT2D eigenvalue weighted by atomic mass is 16.5. The van der Waals surface area contributed by atoms with Gasteiger partial charge in [-0.1, -0.05) is 12.1 Å². The minimum Gasteiger partial charge on any atom is -0.459 e. The fourth-order valence-corrected chi connectivity index (χ4v) is 5.15. The SMILES string of the molecule is CC[N+]1(CC)CC(O)COC(=O)c2ccccc2C(=O)OCC(O)C[N+](CC)(CC)C(=O)CCCCC1=O. The van der Waals surface area contributed by atoms with Gasteiger partial charge in [-0.25, -0.2) is 19.2 Å². The number of ether oxygens (including phenoxy) is 2. The minimum atomic E-state index is -1.09. The van der Waals surface area contributed by atoms with Crippen LogP contribution in [0, 0.1) is 0 Å². The number of benzene rings is 1. The Morgan fingerprint density at radius 3 is 1.34 bits per heavy atom. The molecule has 38 heavy (non-hydrogen) atoms. The van der Waals surface area contributed by atoms with Crippen LogP contribution in [0.2, 0.25) is 0 Å². The predicted octanol–water partition coefficient (Wildman–Crippen LogP) is 2.06. The molecule has 0 radical (unpaired) electrons. The zero-order valence-electron chi connectivity index (χ0n) is 23.2. The number of hydrogen-bond donors (Lipinski definition) is 2. The summed E-state index contributed by atoms with van der Waals surface area (Å²) in [7, 11) is 0. The van der Waals surface area contributed by atoms with Crippen molar-refractivity contribution in [2.75, 3.05) is 52.5 Å². The van der Waals surface area contributed by atoms with Crippen molar-refractivity contribution in [3.05, 3.63) is 35.4 Å². The highest BCUT2D eigenvalue weighted by Gasteiger charge is 2.37. The zero-order chi connectivity index (χ0) is 28.3. The first-order valence-corrected chi connectivity index (χ1v) is 13.7. The average molecular weight is 537 g/mol. The normalized spacial score (nSPS) is 24.2. The molecular weight excluding hydrogens is 492 g/mol. The number of carbonyl (C=O) groups excluding carboxylic acids is 4. The summed E-state index contributed by atoms with van der Waals surface area (Å²) in [5.41, 5.74) is -0.0577. The van der Waals surface area contributed by atoms with Crippen LogP contribution in [0.25, 0.3) is 0 Å². The number of aliphatic hydroxyl groups is 2. The predicted molar refractivity (Wildman–Crippen MR) is 140 cm³/mol. The van der Waals surface area contributed by atoms with E-state index in [1.54, 1.807) is 12.1 Å². The smallest absolute Gasteiger partial charge is 0.339 e. The van der Waals surface area contributed by atoms with Crippen molar-refractivity contribution in [2.24, 2.45) is 0 Å². The summed E-state index contributed by atoms with van der Waals surface area (Å²) in [6.45, 7) is 8.90. The largest absolute Gasteiger partial charge is 0.459 e. The monoisotopic (exact) mass is 536 g/mol. The Labute approximate surface area is 225 Å². The van der Waals surface area contributed by atoms with E-state index < -0.39 is 24.1 Å². The van der Waals surface area contributed by atoms with Gasteiger partial charge in [0, 0.05) is 0 Å². The lowest BCUT2D eigenvalue weighted by molar-refractivity contribution is -0.855. The number of amides is 2. The Balaban J connectivity index is 2.36. The highest BCUT2D eigenvalue weighted by Crippen LogP contribution is 2.19. The molecule has 1 heterocycles. The van der Waals surface area contributed by atoms with Crippen molar-refractivity contribution in [2.45, 2.75) is 65.6 Å². The Bertz CT molecular complexity index is 894. The minimum absolute atomic E-state index is 0.0289. The maximum absolute atomic E-state index is 13.2. The Kier molecular flexibility index (Phi) is 12.0. The second kappa shape index (κ2) is 14.5. The van der Waals surface area contributed by atoms with Gasteiger partial charge in [-0.15, -0.1) is 0 Å². The molecular formula is C28H44N2O8+2. The number of quaternary nitrogens is 2. The van der Waals surface area contributed by atoms with Gasteiger partial charge in [0.2, 0.25) is 0 Å².